The van der Waals surface area contributed by atoms with E-state index in [1.54, 1.807) is 6.08 Å². The fraction of sp³-hybridized carbons (Fsp3) is 0.111. The average molecular weight is 119 g/mol. The summed E-state index contributed by atoms with van der Waals surface area (Å²) in [6, 6.07) is 0. The van der Waals surface area contributed by atoms with Crippen LogP contribution in [0.5, 0.6) is 0 Å². The Kier molecular flexibility index (Phi) is 6.16. The first-order valence-corrected chi connectivity index (χ1v) is 2.89. The minimum absolute atomic E-state index is 0.916. The summed E-state index contributed by atoms with van der Waals surface area (Å²) in [5.41, 5.74) is 0. The standard InChI is InChI=1S/C9H11/c1-3-5-7-9-8-6-4-2/h1,3-8H,2,9H2. The van der Waals surface area contributed by atoms with Gasteiger partial charge in [-0.1, -0.05) is 49.6 Å². The molecule has 0 amide bonds. The van der Waals surface area contributed by atoms with Gasteiger partial charge in [0.15, 0.2) is 0 Å². The molecule has 9 heavy (non-hydrogen) atoms. The van der Waals surface area contributed by atoms with Gasteiger partial charge in [0.2, 0.25) is 0 Å². The molecule has 1 radical (unpaired) electrons. The highest BCUT2D eigenvalue weighted by Crippen LogP contribution is 1.85. The minimum Gasteiger partial charge on any atom is -0.0991 e. The molecule has 0 aromatic heterocycles. The van der Waals surface area contributed by atoms with E-state index in [2.05, 4.69) is 6.58 Å². The quantitative estimate of drug-likeness (QED) is 0.499. The van der Waals surface area contributed by atoms with Crippen LogP contribution in [0.25, 0.3) is 0 Å². The Morgan fingerprint density at radius 1 is 1.22 bits per heavy atom. The van der Waals surface area contributed by atoms with E-state index < -0.39 is 0 Å². The first-order valence-electron chi connectivity index (χ1n) is 2.89. The predicted molar refractivity (Wildman–Crippen MR) is 42.0 cm³/mol. The van der Waals surface area contributed by atoms with Gasteiger partial charge in [-0.25, -0.2) is 0 Å². The maximum absolute atomic E-state index is 5.09. The van der Waals surface area contributed by atoms with Crippen LogP contribution < -0.4 is 0 Å². The molecule has 0 unspecified atom stereocenters. The van der Waals surface area contributed by atoms with Crippen molar-refractivity contribution in [2.24, 2.45) is 0 Å². The van der Waals surface area contributed by atoms with Gasteiger partial charge in [0.1, 0.15) is 0 Å². The third-order valence-corrected chi connectivity index (χ3v) is 0.792. The van der Waals surface area contributed by atoms with E-state index in [0.29, 0.717) is 0 Å². The average Bonchev–Trinajstić information content (AvgIpc) is 1.89. The zero-order valence-electron chi connectivity index (χ0n) is 5.46. The molecule has 0 aliphatic heterocycles. The first kappa shape index (κ1) is 7.96. The number of allylic oxidation sites excluding steroid dienone is 6. The van der Waals surface area contributed by atoms with Crippen molar-refractivity contribution in [1.82, 2.24) is 0 Å². The van der Waals surface area contributed by atoms with E-state index in [4.69, 9.17) is 6.58 Å². The van der Waals surface area contributed by atoms with Gasteiger partial charge < -0.3 is 0 Å². The highest BCUT2D eigenvalue weighted by atomic mass is 13.7. The zero-order chi connectivity index (χ0) is 6.95. The SMILES string of the molecule is [CH]=CC=CCC=CC=C. The summed E-state index contributed by atoms with van der Waals surface area (Å²) in [7, 11) is 0. The van der Waals surface area contributed by atoms with Crippen LogP contribution in [0.15, 0.2) is 43.0 Å². The lowest BCUT2D eigenvalue weighted by atomic mass is 10.3. The lowest BCUT2D eigenvalue weighted by Gasteiger charge is -1.75. The van der Waals surface area contributed by atoms with E-state index in [0.717, 1.165) is 6.42 Å². The molecule has 0 rings (SSSR count). The van der Waals surface area contributed by atoms with Crippen LogP contribution in [0.2, 0.25) is 0 Å². The van der Waals surface area contributed by atoms with Gasteiger partial charge in [-0.2, -0.15) is 0 Å². The highest BCUT2D eigenvalue weighted by Gasteiger charge is 1.64. The Morgan fingerprint density at radius 3 is 2.44 bits per heavy atom. The second-order valence-corrected chi connectivity index (χ2v) is 1.52. The molecule has 0 atom stereocenters. The van der Waals surface area contributed by atoms with Crippen LogP contribution in [-0.4, -0.2) is 0 Å². The summed E-state index contributed by atoms with van der Waals surface area (Å²) in [5.74, 6) is 0. The van der Waals surface area contributed by atoms with Gasteiger partial charge in [-0.05, 0) is 6.42 Å². The second kappa shape index (κ2) is 6.96. The first-order chi connectivity index (χ1) is 4.41. The van der Waals surface area contributed by atoms with E-state index in [-0.39, 0.29) is 0 Å². The van der Waals surface area contributed by atoms with Gasteiger partial charge >= 0.3 is 0 Å². The lowest BCUT2D eigenvalue weighted by Crippen LogP contribution is -1.54. The predicted octanol–water partition coefficient (Wildman–Crippen LogP) is 2.66. The number of hydrogen-bond donors (Lipinski definition) is 0. The molecule has 0 nitrogen and oxygen atoms in total. The van der Waals surface area contributed by atoms with Crippen molar-refractivity contribution >= 4 is 0 Å². The van der Waals surface area contributed by atoms with E-state index in [1.807, 2.05) is 24.3 Å². The Morgan fingerprint density at radius 2 is 1.89 bits per heavy atom. The topological polar surface area (TPSA) is 0 Å². The van der Waals surface area contributed by atoms with Crippen LogP contribution in [0.4, 0.5) is 0 Å². The normalized spacial score (nSPS) is 10.7. The third kappa shape index (κ3) is 6.96. The summed E-state index contributed by atoms with van der Waals surface area (Å²) in [4.78, 5) is 0. The molecule has 0 aliphatic rings. The van der Waals surface area contributed by atoms with E-state index >= 15 is 0 Å². The van der Waals surface area contributed by atoms with Gasteiger partial charge in [0.05, 0.1) is 0 Å². The van der Waals surface area contributed by atoms with Crippen molar-refractivity contribution in [3.63, 3.8) is 0 Å². The van der Waals surface area contributed by atoms with Crippen molar-refractivity contribution in [3.05, 3.63) is 49.6 Å². The maximum Gasteiger partial charge on any atom is -0.0163 e. The summed E-state index contributed by atoms with van der Waals surface area (Å²) >= 11 is 0. The van der Waals surface area contributed by atoms with Crippen LogP contribution in [0.3, 0.4) is 0 Å². The Labute approximate surface area is 56.9 Å². The smallest absolute Gasteiger partial charge is 0.0163 e. The van der Waals surface area contributed by atoms with Gasteiger partial charge in [0, 0.05) is 0 Å². The molecule has 0 heterocycles. The molecular weight excluding hydrogens is 108 g/mol. The number of rotatable bonds is 4. The van der Waals surface area contributed by atoms with Gasteiger partial charge in [-0.15, -0.1) is 0 Å². The van der Waals surface area contributed by atoms with Gasteiger partial charge in [0.25, 0.3) is 0 Å². The van der Waals surface area contributed by atoms with E-state index in [9.17, 15) is 0 Å². The molecule has 0 fully saturated rings. The molecular formula is C9H11. The number of hydrogen-bond acceptors (Lipinski definition) is 0. The molecule has 0 saturated carbocycles. The summed E-state index contributed by atoms with van der Waals surface area (Å²) in [6.07, 6.45) is 11.9. The van der Waals surface area contributed by atoms with Crippen LogP contribution in [0.1, 0.15) is 6.42 Å². The fourth-order valence-electron chi connectivity index (χ4n) is 0.410. The van der Waals surface area contributed by atoms with Crippen molar-refractivity contribution < 1.29 is 0 Å². The van der Waals surface area contributed by atoms with Crippen LogP contribution in [-0.2, 0) is 0 Å². The highest BCUT2D eigenvalue weighted by molar-refractivity contribution is 5.03. The van der Waals surface area contributed by atoms with Crippen LogP contribution >= 0.6 is 0 Å². The summed E-state index contributed by atoms with van der Waals surface area (Å²) < 4.78 is 0. The maximum atomic E-state index is 5.09. The molecule has 0 aromatic rings. The fourth-order valence-corrected chi connectivity index (χ4v) is 0.410. The lowest BCUT2D eigenvalue weighted by molar-refractivity contribution is 1.39. The summed E-state index contributed by atoms with van der Waals surface area (Å²) in [6.45, 7) is 8.62. The Bertz CT molecular complexity index is 111. The second-order valence-electron chi connectivity index (χ2n) is 1.52. The molecule has 0 heteroatoms. The van der Waals surface area contributed by atoms with Crippen LogP contribution in [0, 0.1) is 6.58 Å². The monoisotopic (exact) mass is 119 g/mol. The largest absolute Gasteiger partial charge is 0.0991 e. The molecule has 0 aliphatic carbocycles. The Hall–Kier alpha value is -1.04. The minimum atomic E-state index is 0.916. The molecule has 0 N–H and O–H groups in total. The Balaban J connectivity index is 3.27. The molecule has 0 saturated heterocycles. The van der Waals surface area contributed by atoms with Crippen molar-refractivity contribution in [2.75, 3.05) is 0 Å². The van der Waals surface area contributed by atoms with Gasteiger partial charge in [-0.3, -0.25) is 0 Å². The van der Waals surface area contributed by atoms with E-state index in [1.165, 1.54) is 6.08 Å². The molecule has 0 spiro atoms. The molecule has 0 bridgehead atoms. The molecule has 0 aromatic carbocycles. The van der Waals surface area contributed by atoms with Crippen molar-refractivity contribution in [2.45, 2.75) is 6.42 Å². The third-order valence-electron chi connectivity index (χ3n) is 0.792. The molecule has 47 valence electrons. The van der Waals surface area contributed by atoms with Crippen molar-refractivity contribution in [3.8, 4) is 0 Å². The zero-order valence-corrected chi connectivity index (χ0v) is 5.46. The summed E-state index contributed by atoms with van der Waals surface area (Å²) in [5, 5.41) is 0. The van der Waals surface area contributed by atoms with Crippen molar-refractivity contribution in [1.29, 1.82) is 0 Å².